The Morgan fingerprint density at radius 3 is 2.93 bits per heavy atom. The Balaban J connectivity index is 1.98. The zero-order valence-electron chi connectivity index (χ0n) is 9.14. The van der Waals surface area contributed by atoms with E-state index in [1.165, 1.54) is 19.3 Å². The molecule has 1 saturated heterocycles. The van der Waals surface area contributed by atoms with Crippen molar-refractivity contribution >= 4 is 5.91 Å². The molecule has 82 valence electrons. The summed E-state index contributed by atoms with van der Waals surface area (Å²) < 4.78 is 0. The van der Waals surface area contributed by atoms with Crippen LogP contribution in [0.3, 0.4) is 0 Å². The first-order valence-electron chi connectivity index (χ1n) is 5.83. The van der Waals surface area contributed by atoms with Crippen molar-refractivity contribution in [2.75, 3.05) is 13.1 Å². The summed E-state index contributed by atoms with van der Waals surface area (Å²) in [5.74, 6) is 0.231. The molecule has 1 heterocycles. The number of rotatable bonds is 6. The van der Waals surface area contributed by atoms with Crippen molar-refractivity contribution in [3.8, 4) is 0 Å². The maximum absolute atomic E-state index is 11.4. The van der Waals surface area contributed by atoms with Crippen LogP contribution in [0.2, 0.25) is 0 Å². The third-order valence-electron chi connectivity index (χ3n) is 2.68. The molecule has 1 unspecified atom stereocenters. The number of hydrogen-bond acceptors (Lipinski definition) is 2. The van der Waals surface area contributed by atoms with E-state index in [2.05, 4.69) is 17.6 Å². The Kier molecular flexibility index (Phi) is 5.60. The van der Waals surface area contributed by atoms with Crippen molar-refractivity contribution < 1.29 is 4.79 Å². The van der Waals surface area contributed by atoms with Gasteiger partial charge in [-0.3, -0.25) is 4.79 Å². The van der Waals surface area contributed by atoms with Crippen molar-refractivity contribution in [2.24, 2.45) is 0 Å². The quantitative estimate of drug-likeness (QED) is 0.634. The van der Waals surface area contributed by atoms with Crippen LogP contribution in [0.15, 0.2) is 0 Å². The molecule has 2 N–H and O–H groups in total. The van der Waals surface area contributed by atoms with Gasteiger partial charge in [-0.15, -0.1) is 0 Å². The number of amides is 1. The van der Waals surface area contributed by atoms with E-state index in [4.69, 9.17) is 0 Å². The van der Waals surface area contributed by atoms with E-state index < -0.39 is 0 Å². The zero-order valence-corrected chi connectivity index (χ0v) is 9.14. The molecule has 1 aliphatic heterocycles. The Labute approximate surface area is 86.6 Å². The number of carbonyl (C=O) groups is 1. The molecule has 1 rings (SSSR count). The Morgan fingerprint density at radius 1 is 1.43 bits per heavy atom. The van der Waals surface area contributed by atoms with Crippen molar-refractivity contribution in [3.05, 3.63) is 0 Å². The summed E-state index contributed by atoms with van der Waals surface area (Å²) >= 11 is 0. The Hall–Kier alpha value is -0.570. The van der Waals surface area contributed by atoms with Crippen LogP contribution < -0.4 is 10.6 Å². The monoisotopic (exact) mass is 198 g/mol. The smallest absolute Gasteiger partial charge is 0.220 e. The highest BCUT2D eigenvalue weighted by Gasteiger charge is 2.15. The van der Waals surface area contributed by atoms with Crippen LogP contribution in [-0.2, 0) is 4.79 Å². The highest BCUT2D eigenvalue weighted by molar-refractivity contribution is 5.76. The molecule has 1 aliphatic rings. The summed E-state index contributed by atoms with van der Waals surface area (Å²) in [6.45, 7) is 4.17. The largest absolute Gasteiger partial charge is 0.352 e. The van der Waals surface area contributed by atoms with Crippen LogP contribution >= 0.6 is 0 Å². The molecular weight excluding hydrogens is 176 g/mol. The Morgan fingerprint density at radius 2 is 2.29 bits per heavy atom. The van der Waals surface area contributed by atoms with Crippen LogP contribution in [0, 0.1) is 0 Å². The minimum absolute atomic E-state index is 0.231. The fourth-order valence-corrected chi connectivity index (χ4v) is 1.79. The minimum Gasteiger partial charge on any atom is -0.352 e. The second kappa shape index (κ2) is 6.82. The van der Waals surface area contributed by atoms with Crippen LogP contribution in [0.4, 0.5) is 0 Å². The van der Waals surface area contributed by atoms with Gasteiger partial charge in [-0.1, -0.05) is 26.2 Å². The molecule has 0 radical (unpaired) electrons. The third kappa shape index (κ3) is 4.61. The topological polar surface area (TPSA) is 41.1 Å². The lowest BCUT2D eigenvalue weighted by molar-refractivity contribution is -0.121. The normalized spacial score (nSPS) is 21.1. The lowest BCUT2D eigenvalue weighted by Crippen LogP contribution is -2.35. The molecule has 14 heavy (non-hydrogen) atoms. The predicted octanol–water partition coefficient (Wildman–Crippen LogP) is 1.43. The van der Waals surface area contributed by atoms with Gasteiger partial charge in [0.1, 0.15) is 0 Å². The number of unbranched alkanes of at least 4 members (excludes halogenated alkanes) is 3. The van der Waals surface area contributed by atoms with E-state index in [9.17, 15) is 4.79 Å². The molecule has 0 spiro atoms. The van der Waals surface area contributed by atoms with Gasteiger partial charge in [-0.25, -0.2) is 0 Å². The molecule has 1 atom stereocenters. The maximum atomic E-state index is 11.4. The van der Waals surface area contributed by atoms with Gasteiger partial charge >= 0.3 is 0 Å². The first-order chi connectivity index (χ1) is 6.83. The standard InChI is InChI=1S/C11H22N2O/c1-2-3-4-5-6-11(14)13-10-7-8-12-9-10/h10,12H,2-9H2,1H3,(H,13,14). The minimum atomic E-state index is 0.231. The molecular formula is C11H22N2O. The molecule has 3 heteroatoms. The van der Waals surface area contributed by atoms with Gasteiger partial charge in [-0.2, -0.15) is 0 Å². The van der Waals surface area contributed by atoms with Crippen molar-refractivity contribution in [1.82, 2.24) is 10.6 Å². The van der Waals surface area contributed by atoms with E-state index in [1.54, 1.807) is 0 Å². The number of carbonyl (C=O) groups excluding carboxylic acids is 1. The van der Waals surface area contributed by atoms with Gasteiger partial charge < -0.3 is 10.6 Å². The van der Waals surface area contributed by atoms with Gasteiger partial charge in [0.15, 0.2) is 0 Å². The number of hydrogen-bond donors (Lipinski definition) is 2. The van der Waals surface area contributed by atoms with Gasteiger partial charge in [0.25, 0.3) is 0 Å². The van der Waals surface area contributed by atoms with Crippen LogP contribution in [0.5, 0.6) is 0 Å². The third-order valence-corrected chi connectivity index (χ3v) is 2.68. The molecule has 0 aromatic rings. The van der Waals surface area contributed by atoms with Gasteiger partial charge in [-0.05, 0) is 19.4 Å². The molecule has 0 aromatic heterocycles. The molecule has 0 saturated carbocycles. The van der Waals surface area contributed by atoms with Gasteiger partial charge in [0.2, 0.25) is 5.91 Å². The second-order valence-corrected chi connectivity index (χ2v) is 4.07. The summed E-state index contributed by atoms with van der Waals surface area (Å²) in [4.78, 5) is 11.4. The molecule has 3 nitrogen and oxygen atoms in total. The van der Waals surface area contributed by atoms with Crippen molar-refractivity contribution in [3.63, 3.8) is 0 Å². The Bertz CT molecular complexity index is 165. The van der Waals surface area contributed by atoms with Gasteiger partial charge in [0, 0.05) is 19.0 Å². The van der Waals surface area contributed by atoms with Crippen LogP contribution in [0.25, 0.3) is 0 Å². The maximum Gasteiger partial charge on any atom is 0.220 e. The van der Waals surface area contributed by atoms with Crippen LogP contribution in [-0.4, -0.2) is 25.0 Å². The average molecular weight is 198 g/mol. The first-order valence-corrected chi connectivity index (χ1v) is 5.83. The molecule has 0 aliphatic carbocycles. The molecule has 1 fully saturated rings. The summed E-state index contributed by atoms with van der Waals surface area (Å²) in [5, 5.41) is 6.29. The average Bonchev–Trinajstić information content (AvgIpc) is 2.65. The fourth-order valence-electron chi connectivity index (χ4n) is 1.79. The van der Waals surface area contributed by atoms with E-state index in [0.717, 1.165) is 25.9 Å². The summed E-state index contributed by atoms with van der Waals surface area (Å²) in [6, 6.07) is 0.383. The van der Waals surface area contributed by atoms with E-state index in [0.29, 0.717) is 12.5 Å². The van der Waals surface area contributed by atoms with E-state index in [1.807, 2.05) is 0 Å². The molecule has 1 amide bonds. The summed E-state index contributed by atoms with van der Waals surface area (Å²) in [6.07, 6.45) is 6.50. The van der Waals surface area contributed by atoms with E-state index in [-0.39, 0.29) is 5.91 Å². The SMILES string of the molecule is CCCCCCC(=O)NC1CCNC1. The summed E-state index contributed by atoms with van der Waals surface area (Å²) in [7, 11) is 0. The lowest BCUT2D eigenvalue weighted by atomic mass is 10.1. The molecule has 0 bridgehead atoms. The van der Waals surface area contributed by atoms with Crippen molar-refractivity contribution in [2.45, 2.75) is 51.5 Å². The fraction of sp³-hybridized carbons (Fsp3) is 0.909. The van der Waals surface area contributed by atoms with Gasteiger partial charge in [0.05, 0.1) is 0 Å². The highest BCUT2D eigenvalue weighted by Crippen LogP contribution is 2.03. The highest BCUT2D eigenvalue weighted by atomic mass is 16.1. The first kappa shape index (κ1) is 11.5. The van der Waals surface area contributed by atoms with Crippen molar-refractivity contribution in [1.29, 1.82) is 0 Å². The summed E-state index contributed by atoms with van der Waals surface area (Å²) in [5.41, 5.74) is 0. The van der Waals surface area contributed by atoms with Crippen LogP contribution in [0.1, 0.15) is 45.4 Å². The molecule has 0 aromatic carbocycles. The van der Waals surface area contributed by atoms with E-state index >= 15 is 0 Å². The predicted molar refractivity (Wildman–Crippen MR) is 58.2 cm³/mol. The second-order valence-electron chi connectivity index (χ2n) is 4.07. The lowest BCUT2D eigenvalue weighted by Gasteiger charge is -2.10. The zero-order chi connectivity index (χ0) is 10.2. The number of nitrogens with one attached hydrogen (secondary N) is 2.